The Morgan fingerprint density at radius 3 is 2.69 bits per heavy atom. The van der Waals surface area contributed by atoms with E-state index >= 15 is 0 Å². The minimum Gasteiger partial charge on any atom is -0.487 e. The molecular weight excluding hydrogens is 410 g/mol. The number of oxazole rings is 1. The number of rotatable bonds is 6. The molecule has 0 saturated heterocycles. The molecule has 162 valence electrons. The number of nitro groups is 1. The minimum absolute atomic E-state index is 0.124. The smallest absolute Gasteiger partial charge is 0.311 e. The SMILES string of the molecule is CCOc1ccc(C(=O)Nc2cc(-c3nc4ccc(C)cc4o3)ccc2C)cc1[N+](=O)[O-]. The van der Waals surface area contributed by atoms with Crippen LogP contribution in [0.25, 0.3) is 22.6 Å². The van der Waals surface area contributed by atoms with Crippen LogP contribution >= 0.6 is 0 Å². The van der Waals surface area contributed by atoms with E-state index in [0.29, 0.717) is 22.7 Å². The number of ether oxygens (including phenoxy) is 1. The fraction of sp³-hybridized carbons (Fsp3) is 0.167. The molecule has 0 aliphatic heterocycles. The van der Waals surface area contributed by atoms with Crippen molar-refractivity contribution in [1.29, 1.82) is 0 Å². The summed E-state index contributed by atoms with van der Waals surface area (Å²) >= 11 is 0. The fourth-order valence-corrected chi connectivity index (χ4v) is 3.32. The summed E-state index contributed by atoms with van der Waals surface area (Å²) in [4.78, 5) is 28.1. The maximum absolute atomic E-state index is 12.8. The molecule has 0 radical (unpaired) electrons. The van der Waals surface area contributed by atoms with Crippen LogP contribution in [0.3, 0.4) is 0 Å². The van der Waals surface area contributed by atoms with Crippen molar-refractivity contribution in [1.82, 2.24) is 4.98 Å². The van der Waals surface area contributed by atoms with Gasteiger partial charge in [0, 0.05) is 22.9 Å². The highest BCUT2D eigenvalue weighted by molar-refractivity contribution is 6.05. The molecule has 8 nitrogen and oxygen atoms in total. The van der Waals surface area contributed by atoms with E-state index in [1.54, 1.807) is 13.0 Å². The second-order valence-corrected chi connectivity index (χ2v) is 7.35. The van der Waals surface area contributed by atoms with Crippen molar-refractivity contribution in [3.05, 3.63) is 81.4 Å². The number of carbonyl (C=O) groups excluding carboxylic acids is 1. The summed E-state index contributed by atoms with van der Waals surface area (Å²) in [7, 11) is 0. The zero-order valence-corrected chi connectivity index (χ0v) is 17.8. The summed E-state index contributed by atoms with van der Waals surface area (Å²) < 4.78 is 11.2. The number of amides is 1. The molecule has 4 rings (SSSR count). The average Bonchev–Trinajstić information content (AvgIpc) is 3.18. The van der Waals surface area contributed by atoms with Crippen LogP contribution in [-0.2, 0) is 0 Å². The lowest BCUT2D eigenvalue weighted by Crippen LogP contribution is -2.13. The lowest BCUT2D eigenvalue weighted by molar-refractivity contribution is -0.385. The number of fused-ring (bicyclic) bond motifs is 1. The highest BCUT2D eigenvalue weighted by atomic mass is 16.6. The van der Waals surface area contributed by atoms with Crippen molar-refractivity contribution in [3.63, 3.8) is 0 Å². The van der Waals surface area contributed by atoms with Crippen LogP contribution in [0.5, 0.6) is 5.75 Å². The molecule has 0 fully saturated rings. The van der Waals surface area contributed by atoms with E-state index in [1.807, 2.05) is 44.2 Å². The zero-order valence-electron chi connectivity index (χ0n) is 17.8. The van der Waals surface area contributed by atoms with Gasteiger partial charge in [0.25, 0.3) is 5.91 Å². The van der Waals surface area contributed by atoms with Crippen LogP contribution in [0.1, 0.15) is 28.4 Å². The largest absolute Gasteiger partial charge is 0.487 e. The van der Waals surface area contributed by atoms with Gasteiger partial charge in [0.05, 0.1) is 11.5 Å². The van der Waals surface area contributed by atoms with E-state index in [0.717, 1.165) is 16.6 Å². The fourth-order valence-electron chi connectivity index (χ4n) is 3.32. The zero-order chi connectivity index (χ0) is 22.8. The van der Waals surface area contributed by atoms with Crippen molar-refractivity contribution in [2.75, 3.05) is 11.9 Å². The highest BCUT2D eigenvalue weighted by Gasteiger charge is 2.19. The predicted molar refractivity (Wildman–Crippen MR) is 121 cm³/mol. The normalized spacial score (nSPS) is 10.8. The molecule has 0 spiro atoms. The number of benzene rings is 3. The van der Waals surface area contributed by atoms with E-state index in [4.69, 9.17) is 9.15 Å². The second-order valence-electron chi connectivity index (χ2n) is 7.35. The van der Waals surface area contributed by atoms with Crippen LogP contribution in [0, 0.1) is 24.0 Å². The van der Waals surface area contributed by atoms with Gasteiger partial charge in [-0.25, -0.2) is 4.98 Å². The number of aryl methyl sites for hydroxylation is 2. The van der Waals surface area contributed by atoms with Gasteiger partial charge in [0.1, 0.15) is 5.52 Å². The van der Waals surface area contributed by atoms with Crippen LogP contribution < -0.4 is 10.1 Å². The third kappa shape index (κ3) is 4.15. The van der Waals surface area contributed by atoms with Crippen LogP contribution in [0.2, 0.25) is 0 Å². The lowest BCUT2D eigenvalue weighted by atomic mass is 10.1. The van der Waals surface area contributed by atoms with Crippen LogP contribution in [0.4, 0.5) is 11.4 Å². The van der Waals surface area contributed by atoms with Gasteiger partial charge in [-0.15, -0.1) is 0 Å². The minimum atomic E-state index is -0.567. The summed E-state index contributed by atoms with van der Waals surface area (Å²) in [5.41, 5.74) is 4.50. The molecule has 1 amide bonds. The van der Waals surface area contributed by atoms with E-state index in [9.17, 15) is 14.9 Å². The first kappa shape index (κ1) is 21.0. The van der Waals surface area contributed by atoms with Crippen molar-refractivity contribution in [2.24, 2.45) is 0 Å². The molecule has 0 bridgehead atoms. The van der Waals surface area contributed by atoms with E-state index in [2.05, 4.69) is 10.3 Å². The summed E-state index contributed by atoms with van der Waals surface area (Å²) in [6, 6.07) is 15.4. The molecule has 0 aliphatic carbocycles. The number of aromatic nitrogens is 1. The van der Waals surface area contributed by atoms with Crippen LogP contribution in [0.15, 0.2) is 59.0 Å². The van der Waals surface area contributed by atoms with Gasteiger partial charge in [-0.05, 0) is 68.3 Å². The molecule has 0 atom stereocenters. The summed E-state index contributed by atoms with van der Waals surface area (Å²) in [5.74, 6) is 0.0980. The quantitative estimate of drug-likeness (QED) is 0.311. The number of carbonyl (C=O) groups is 1. The van der Waals surface area contributed by atoms with Crippen molar-refractivity contribution in [3.8, 4) is 17.2 Å². The number of hydrogen-bond donors (Lipinski definition) is 1. The number of hydrogen-bond acceptors (Lipinski definition) is 6. The molecule has 32 heavy (non-hydrogen) atoms. The Labute approximate surface area is 184 Å². The van der Waals surface area contributed by atoms with Gasteiger partial charge < -0.3 is 14.5 Å². The Hall–Kier alpha value is -4.20. The second kappa shape index (κ2) is 8.50. The predicted octanol–water partition coefficient (Wildman–Crippen LogP) is 5.67. The van der Waals surface area contributed by atoms with Gasteiger partial charge in [0.2, 0.25) is 5.89 Å². The monoisotopic (exact) mass is 431 g/mol. The Bertz CT molecular complexity index is 1340. The highest BCUT2D eigenvalue weighted by Crippen LogP contribution is 2.30. The average molecular weight is 431 g/mol. The van der Waals surface area contributed by atoms with Crippen molar-refractivity contribution in [2.45, 2.75) is 20.8 Å². The maximum atomic E-state index is 12.8. The third-order valence-electron chi connectivity index (χ3n) is 4.99. The van der Waals surface area contributed by atoms with Gasteiger partial charge in [0.15, 0.2) is 11.3 Å². The number of anilines is 1. The Morgan fingerprint density at radius 1 is 1.12 bits per heavy atom. The molecule has 1 N–H and O–H groups in total. The molecular formula is C24H21N3O5. The van der Waals surface area contributed by atoms with E-state index in [-0.39, 0.29) is 23.6 Å². The Kier molecular flexibility index (Phi) is 5.59. The molecule has 1 heterocycles. The van der Waals surface area contributed by atoms with Gasteiger partial charge in [-0.2, -0.15) is 0 Å². The van der Waals surface area contributed by atoms with E-state index < -0.39 is 10.8 Å². The standard InChI is InChI=1S/C24H21N3O5/c1-4-31-21-10-8-16(13-20(21)27(29)30)23(28)25-19-12-17(7-6-15(19)3)24-26-18-9-5-14(2)11-22(18)32-24/h5-13H,4H2,1-3H3,(H,25,28). The van der Waals surface area contributed by atoms with Gasteiger partial charge in [-0.1, -0.05) is 12.1 Å². The molecule has 0 saturated carbocycles. The third-order valence-corrected chi connectivity index (χ3v) is 4.99. The molecule has 8 heteroatoms. The number of nitrogens with zero attached hydrogens (tertiary/aromatic N) is 2. The number of nitrogens with one attached hydrogen (secondary N) is 1. The lowest BCUT2D eigenvalue weighted by Gasteiger charge is -2.11. The summed E-state index contributed by atoms with van der Waals surface area (Å²) in [6.07, 6.45) is 0. The van der Waals surface area contributed by atoms with Gasteiger partial charge >= 0.3 is 5.69 Å². The van der Waals surface area contributed by atoms with E-state index in [1.165, 1.54) is 18.2 Å². The van der Waals surface area contributed by atoms with Gasteiger partial charge in [-0.3, -0.25) is 14.9 Å². The first-order chi connectivity index (χ1) is 15.4. The number of nitro benzene ring substituents is 1. The first-order valence-electron chi connectivity index (χ1n) is 10.1. The van der Waals surface area contributed by atoms with Crippen LogP contribution in [-0.4, -0.2) is 22.4 Å². The summed E-state index contributed by atoms with van der Waals surface area (Å²) in [5, 5.41) is 14.2. The molecule has 3 aromatic carbocycles. The molecule has 0 unspecified atom stereocenters. The van der Waals surface area contributed by atoms with Crippen molar-refractivity contribution < 1.29 is 18.9 Å². The Balaban J connectivity index is 1.63. The molecule has 4 aromatic rings. The molecule has 1 aromatic heterocycles. The molecule has 0 aliphatic rings. The Morgan fingerprint density at radius 2 is 1.94 bits per heavy atom. The summed E-state index contributed by atoms with van der Waals surface area (Å²) in [6.45, 7) is 5.85. The first-order valence-corrected chi connectivity index (χ1v) is 10.1. The maximum Gasteiger partial charge on any atom is 0.311 e. The van der Waals surface area contributed by atoms with Crippen molar-refractivity contribution >= 4 is 28.4 Å². The topological polar surface area (TPSA) is 108 Å².